The van der Waals surface area contributed by atoms with Gasteiger partial charge < -0.3 is 0 Å². The third kappa shape index (κ3) is 1.11. The van der Waals surface area contributed by atoms with E-state index in [2.05, 4.69) is 50.0 Å². The molecule has 1 unspecified atom stereocenters. The Hall–Kier alpha value is -0.600. The Kier molecular flexibility index (Phi) is 2.40. The fourth-order valence-corrected chi connectivity index (χ4v) is 1.75. The monoisotopic (exact) mass is 169 g/mol. The quantitative estimate of drug-likeness (QED) is 0.624. The molecule has 0 aliphatic carbocycles. The van der Waals surface area contributed by atoms with Crippen LogP contribution in [0.15, 0.2) is 10.3 Å². The zero-order valence-corrected chi connectivity index (χ0v) is 8.70. The molecule has 0 aromatic rings. The lowest BCUT2D eigenvalue weighted by molar-refractivity contribution is 0.0831. The van der Waals surface area contributed by atoms with Gasteiger partial charge in [-0.1, -0.05) is 19.1 Å². The Balaban J connectivity index is 2.86. The van der Waals surface area contributed by atoms with E-state index in [0.717, 1.165) is 6.54 Å². The summed E-state index contributed by atoms with van der Waals surface area (Å²) in [5.74, 6) is 0.586. The predicted octanol–water partition coefficient (Wildman–Crippen LogP) is 2.49. The van der Waals surface area contributed by atoms with Gasteiger partial charge in [0.1, 0.15) is 0 Å². The van der Waals surface area contributed by atoms with Crippen molar-refractivity contribution in [3.05, 3.63) is 0 Å². The van der Waals surface area contributed by atoms with Crippen LogP contribution in [0.4, 0.5) is 0 Å². The summed E-state index contributed by atoms with van der Waals surface area (Å²) < 4.78 is 0. The summed E-state index contributed by atoms with van der Waals surface area (Å²) in [7, 11) is 0. The molecule has 0 aromatic heterocycles. The summed E-state index contributed by atoms with van der Waals surface area (Å²) in [6.45, 7) is 11.9. The maximum atomic E-state index is 4.21. The number of nitrogens with zero attached hydrogens (tertiary/aromatic N) is 3. The molecule has 12 heavy (non-hydrogen) atoms. The lowest BCUT2D eigenvalue weighted by atomic mass is 9.82. The van der Waals surface area contributed by atoms with Crippen LogP contribution in [-0.2, 0) is 0 Å². The van der Waals surface area contributed by atoms with Gasteiger partial charge in [-0.05, 0) is 26.7 Å². The molecule has 2 atom stereocenters. The van der Waals surface area contributed by atoms with E-state index < -0.39 is 0 Å². The molecule has 0 amide bonds. The van der Waals surface area contributed by atoms with Crippen LogP contribution in [-0.4, -0.2) is 23.1 Å². The molecule has 0 spiro atoms. The van der Waals surface area contributed by atoms with Gasteiger partial charge in [0.2, 0.25) is 0 Å². The first-order valence-corrected chi connectivity index (χ1v) is 4.71. The molecular weight excluding hydrogens is 150 g/mol. The lowest BCUT2D eigenvalue weighted by Crippen LogP contribution is -2.50. The van der Waals surface area contributed by atoms with Gasteiger partial charge in [-0.3, -0.25) is 5.01 Å². The maximum absolute atomic E-state index is 4.21. The van der Waals surface area contributed by atoms with E-state index in [0.29, 0.717) is 12.0 Å². The zero-order chi connectivity index (χ0) is 9.35. The molecule has 70 valence electrons. The topological polar surface area (TPSA) is 28.0 Å². The highest BCUT2D eigenvalue weighted by Gasteiger charge is 2.43. The van der Waals surface area contributed by atoms with Crippen molar-refractivity contribution in [2.45, 2.75) is 46.2 Å². The first-order chi connectivity index (χ1) is 5.53. The van der Waals surface area contributed by atoms with Crippen LogP contribution in [0.5, 0.6) is 0 Å². The molecule has 1 aliphatic heterocycles. The standard InChI is InChI=1S/C9H19N3/c1-6-12-9(5,7(2)3)8(4)10-11-12/h7-8H,6H2,1-5H3/t8?,9-/m0/s1. The van der Waals surface area contributed by atoms with Crippen LogP contribution in [0.1, 0.15) is 34.6 Å². The van der Waals surface area contributed by atoms with Crippen LogP contribution in [0.25, 0.3) is 0 Å². The number of likely N-dealkylation sites (N-methyl/N-ethyl adjacent to an activating group) is 1. The molecule has 0 saturated carbocycles. The van der Waals surface area contributed by atoms with E-state index in [-0.39, 0.29) is 5.54 Å². The minimum absolute atomic E-state index is 0.120. The first-order valence-electron chi connectivity index (χ1n) is 4.71. The summed E-state index contributed by atoms with van der Waals surface area (Å²) in [5, 5.41) is 10.5. The van der Waals surface area contributed by atoms with Gasteiger partial charge in [0.15, 0.2) is 0 Å². The highest BCUT2D eigenvalue weighted by atomic mass is 15.6. The summed E-state index contributed by atoms with van der Waals surface area (Å²) in [6, 6.07) is 0.317. The van der Waals surface area contributed by atoms with Crippen molar-refractivity contribution in [3.63, 3.8) is 0 Å². The van der Waals surface area contributed by atoms with Crippen molar-refractivity contribution in [1.82, 2.24) is 5.01 Å². The lowest BCUT2D eigenvalue weighted by Gasteiger charge is -2.38. The molecule has 0 saturated heterocycles. The van der Waals surface area contributed by atoms with E-state index in [4.69, 9.17) is 0 Å². The van der Waals surface area contributed by atoms with Gasteiger partial charge in [-0.15, -0.1) is 0 Å². The molecule has 1 heterocycles. The average molecular weight is 169 g/mol. The van der Waals surface area contributed by atoms with Crippen LogP contribution < -0.4 is 0 Å². The molecule has 0 radical (unpaired) electrons. The van der Waals surface area contributed by atoms with Crippen LogP contribution in [0.3, 0.4) is 0 Å². The molecule has 1 aliphatic rings. The second-order valence-electron chi connectivity index (χ2n) is 3.98. The third-order valence-electron chi connectivity index (χ3n) is 3.20. The second-order valence-corrected chi connectivity index (χ2v) is 3.98. The summed E-state index contributed by atoms with van der Waals surface area (Å²) >= 11 is 0. The third-order valence-corrected chi connectivity index (χ3v) is 3.20. The van der Waals surface area contributed by atoms with E-state index >= 15 is 0 Å². The van der Waals surface area contributed by atoms with Gasteiger partial charge >= 0.3 is 0 Å². The maximum Gasteiger partial charge on any atom is 0.0949 e. The Labute approximate surface area is 74.8 Å². The highest BCUT2D eigenvalue weighted by Crippen LogP contribution is 2.35. The number of rotatable bonds is 2. The fourth-order valence-electron chi connectivity index (χ4n) is 1.75. The average Bonchev–Trinajstić information content (AvgIpc) is 2.30. The van der Waals surface area contributed by atoms with Crippen LogP contribution >= 0.6 is 0 Å². The zero-order valence-electron chi connectivity index (χ0n) is 8.70. The van der Waals surface area contributed by atoms with Crippen molar-refractivity contribution < 1.29 is 0 Å². The van der Waals surface area contributed by atoms with Gasteiger partial charge in [0.05, 0.1) is 11.6 Å². The summed E-state index contributed by atoms with van der Waals surface area (Å²) in [4.78, 5) is 0. The van der Waals surface area contributed by atoms with Crippen molar-refractivity contribution >= 4 is 0 Å². The summed E-state index contributed by atoms with van der Waals surface area (Å²) in [5.41, 5.74) is 0.120. The van der Waals surface area contributed by atoms with Gasteiger partial charge in [-0.2, -0.15) is 5.11 Å². The normalized spacial score (nSPS) is 35.2. The molecule has 3 nitrogen and oxygen atoms in total. The van der Waals surface area contributed by atoms with Gasteiger partial charge in [0.25, 0.3) is 0 Å². The molecule has 3 heteroatoms. The van der Waals surface area contributed by atoms with E-state index in [1.165, 1.54) is 0 Å². The minimum Gasteiger partial charge on any atom is -0.271 e. The second kappa shape index (κ2) is 3.04. The van der Waals surface area contributed by atoms with Gasteiger partial charge in [0, 0.05) is 6.54 Å². The molecule has 0 fully saturated rings. The van der Waals surface area contributed by atoms with E-state index in [9.17, 15) is 0 Å². The number of hydrogen-bond donors (Lipinski definition) is 0. The van der Waals surface area contributed by atoms with Crippen molar-refractivity contribution in [2.24, 2.45) is 16.3 Å². The van der Waals surface area contributed by atoms with E-state index in [1.54, 1.807) is 0 Å². The largest absolute Gasteiger partial charge is 0.271 e. The van der Waals surface area contributed by atoms with Crippen molar-refractivity contribution in [2.75, 3.05) is 6.54 Å². The van der Waals surface area contributed by atoms with Crippen molar-refractivity contribution in [1.29, 1.82) is 0 Å². The predicted molar refractivity (Wildman–Crippen MR) is 49.9 cm³/mol. The molecule has 1 rings (SSSR count). The molecule has 0 bridgehead atoms. The first kappa shape index (κ1) is 9.49. The Morgan fingerprint density at radius 1 is 1.50 bits per heavy atom. The van der Waals surface area contributed by atoms with Crippen LogP contribution in [0, 0.1) is 5.92 Å². The van der Waals surface area contributed by atoms with Crippen LogP contribution in [0.2, 0.25) is 0 Å². The SMILES string of the molecule is CCN1N=NC(C)[C@]1(C)C(C)C. The highest BCUT2D eigenvalue weighted by molar-refractivity contribution is 4.98. The smallest absolute Gasteiger partial charge is 0.0949 e. The molecule has 0 aromatic carbocycles. The van der Waals surface area contributed by atoms with E-state index in [1.807, 2.05) is 0 Å². The summed E-state index contributed by atoms with van der Waals surface area (Å²) in [6.07, 6.45) is 0. The number of hydrogen-bond acceptors (Lipinski definition) is 3. The van der Waals surface area contributed by atoms with Gasteiger partial charge in [-0.25, -0.2) is 0 Å². The Morgan fingerprint density at radius 2 is 2.08 bits per heavy atom. The van der Waals surface area contributed by atoms with Crippen molar-refractivity contribution in [3.8, 4) is 0 Å². The Morgan fingerprint density at radius 3 is 2.42 bits per heavy atom. The fraction of sp³-hybridized carbons (Fsp3) is 1.00. The Bertz CT molecular complexity index is 188. The molecule has 0 N–H and O–H groups in total. The minimum atomic E-state index is 0.120. The molecular formula is C9H19N3.